The Bertz CT molecular complexity index is 1960. The Hall–Kier alpha value is 6.25. The van der Waals surface area contributed by atoms with Crippen molar-refractivity contribution in [3.63, 3.8) is 0 Å². The third kappa shape index (κ3) is 28.1. The van der Waals surface area contributed by atoms with Crippen molar-refractivity contribution in [1.82, 2.24) is 0 Å². The minimum atomic E-state index is -5.33. The lowest BCUT2D eigenvalue weighted by atomic mass is 10.4. The fraction of sp³-hybridized carbons (Fsp3) is 1.00. The van der Waals surface area contributed by atoms with Gasteiger partial charge in [-0.1, -0.05) is 131 Å². The van der Waals surface area contributed by atoms with Gasteiger partial charge in [0, 0.05) is 37.3 Å². The first-order valence-electron chi connectivity index (χ1n) is 29.6. The molecule has 500 valence electrons. The van der Waals surface area contributed by atoms with Crippen LogP contribution in [0.5, 0.6) is 0 Å². The normalized spacial score (nSPS) is 29.4. The second-order valence-electron chi connectivity index (χ2n) is 26.4. The van der Waals surface area contributed by atoms with E-state index in [1.54, 1.807) is 0 Å². The van der Waals surface area contributed by atoms with Gasteiger partial charge in [-0.2, -0.15) is 0 Å². The monoisotopic (exact) mass is 1940 g/mol. The molecule has 44 heteroatoms. The molecule has 4 fully saturated rings. The zero-order valence-electron chi connectivity index (χ0n) is 53.3. The van der Waals surface area contributed by atoms with Crippen molar-refractivity contribution >= 4 is 261 Å². The molecular weight excluding hydrogens is 1850 g/mol. The van der Waals surface area contributed by atoms with E-state index >= 15 is 0 Å². The smallest absolute Gasteiger partial charge is 0.435 e. The topological polar surface area (TPSA) is 185 Å². The summed E-state index contributed by atoms with van der Waals surface area (Å²) in [5.41, 5.74) is 0. The molecule has 0 spiro atoms. The van der Waals surface area contributed by atoms with E-state index in [2.05, 4.69) is 223 Å². The number of fused-ring (bicyclic) bond motifs is 4. The molecule has 0 N–H and O–H groups in total. The van der Waals surface area contributed by atoms with Gasteiger partial charge in [0.25, 0.3) is 0 Å². The van der Waals surface area contributed by atoms with Gasteiger partial charge in [-0.15, -0.1) is 0 Å². The van der Waals surface area contributed by atoms with E-state index in [9.17, 15) is 0 Å². The maximum Gasteiger partial charge on any atom is 0.651 e. The van der Waals surface area contributed by atoms with Crippen LogP contribution in [0.4, 0.5) is 0 Å². The summed E-state index contributed by atoms with van der Waals surface area (Å²) in [5, 5.41) is 5.03. The van der Waals surface area contributed by atoms with Crippen LogP contribution in [0.15, 0.2) is 0 Å². The molecule has 6 bridgehead atoms. The Morgan fingerprint density at radius 3 is 0.788 bits per heavy atom. The van der Waals surface area contributed by atoms with Gasteiger partial charge in [0.1, 0.15) is 0 Å². The van der Waals surface area contributed by atoms with Gasteiger partial charge in [0.15, 0.2) is 66.5 Å². The summed E-state index contributed by atoms with van der Waals surface area (Å²) in [6.45, 7) is 36.0. The molecule has 4 radical (unpaired) electrons. The Balaban J connectivity index is 2.47. The molecule has 85 heavy (non-hydrogen) atoms. The van der Waals surface area contributed by atoms with E-state index in [1.165, 1.54) is 0 Å². The van der Waals surface area contributed by atoms with Gasteiger partial charge < -0.3 is 82.3 Å². The molecule has 4 aliphatic rings. The largest absolute Gasteiger partial charge is 0.651 e. The van der Waals surface area contributed by atoms with Crippen molar-refractivity contribution in [2.45, 2.75) is 218 Å². The Labute approximate surface area is 591 Å². The lowest BCUT2D eigenvalue weighted by Crippen LogP contribution is -2.88. The van der Waals surface area contributed by atoms with E-state index < -0.39 is 150 Å². The molecule has 4 unspecified atom stereocenters. The minimum absolute atomic E-state index is 0.626. The first-order valence-corrected chi connectivity index (χ1v) is 75.4. The maximum absolute atomic E-state index is 8.04. The van der Waals surface area contributed by atoms with Crippen LogP contribution < -0.4 is 0 Å². The molecule has 20 nitrogen and oxygen atoms in total. The third-order valence-corrected chi connectivity index (χ3v) is 76.8. The second kappa shape index (κ2) is 35.5. The number of rotatable bonds is 42. The Morgan fingerprint density at radius 2 is 0.529 bits per heavy atom. The molecule has 0 saturated carbocycles. The maximum atomic E-state index is 8.04. The van der Waals surface area contributed by atoms with Crippen LogP contribution in [0.3, 0.4) is 0 Å². The lowest BCUT2D eigenvalue weighted by Gasteiger charge is -2.57. The molecule has 4 aliphatic heterocycles. The molecule has 0 aliphatic carbocycles. The molecule has 4 heterocycles. The lowest BCUT2D eigenvalue weighted by molar-refractivity contribution is -0.0961. The van der Waals surface area contributed by atoms with Gasteiger partial charge >= 0.3 is 83.3 Å². The van der Waals surface area contributed by atoms with Gasteiger partial charge in [-0.3, -0.25) is 0 Å². The van der Waals surface area contributed by atoms with E-state index in [-0.39, 0.29) is 0 Å². The predicted octanol–water partition coefficient (Wildman–Crippen LogP) is 15.4. The minimum Gasteiger partial charge on any atom is -0.435 e. The van der Waals surface area contributed by atoms with Crippen LogP contribution in [0.2, 0.25) is 153 Å². The van der Waals surface area contributed by atoms with Crippen LogP contribution in [-0.4, -0.2) is 187 Å². The van der Waals surface area contributed by atoms with Crippen molar-refractivity contribution < 1.29 is 82.3 Å². The predicted molar refractivity (Wildman–Crippen MR) is 396 cm³/mol. The highest BCUT2D eigenvalue weighted by molar-refractivity contribution is 9.10. The van der Waals surface area contributed by atoms with Crippen LogP contribution in [0.1, 0.15) is 64.7 Å². The molecule has 4 atom stereocenters. The van der Waals surface area contributed by atoms with Crippen molar-refractivity contribution in [2.24, 2.45) is 0 Å². The van der Waals surface area contributed by atoms with E-state index in [0.29, 0.717) is 58.3 Å². The molecule has 4 saturated heterocycles. The van der Waals surface area contributed by atoms with Gasteiger partial charge in [0.05, 0.1) is 0 Å². The van der Waals surface area contributed by atoms with E-state index in [1.807, 2.05) is 0 Å². The molecule has 0 aromatic carbocycles. The number of hydrogen-bond donors (Lipinski definition) is 0. The number of alkyl halides is 7. The highest BCUT2D eigenvalue weighted by Crippen LogP contribution is 2.50. The first kappa shape index (κ1) is 83.7. The second-order valence-corrected chi connectivity index (χ2v) is 87.8. The van der Waals surface area contributed by atoms with E-state index in [4.69, 9.17) is 82.3 Å². The molecule has 0 aromatic heterocycles. The molecule has 0 aromatic rings. The Kier molecular flexibility index (Phi) is 35.0. The van der Waals surface area contributed by atoms with Crippen molar-refractivity contribution in [3.8, 4) is 0 Å². The van der Waals surface area contributed by atoms with Crippen LogP contribution in [0.25, 0.3) is 0 Å². The SMILES string of the molecule is CCCC[Si](C)(C)O[Si]O[Si]1(O[Si](C)(C)CCCBr)O[Si]2(O[Si](C)(C)CCCBr)O[Si]3(O[Si](C)(C)CCCBr)O[Si]O[Si]4(O[Si](C)(C)CCCBr)O[Si](O[Si](C)(C)CCCBr)(O1)O[Si](O[Si](C)(C)CCCBr)(O2)O[Si](O[Si](C)(C)CCCBr)(O3)O4. The van der Waals surface area contributed by atoms with Gasteiger partial charge in [-0.05, 0) is 198 Å². The molecule has 0 amide bonds. The van der Waals surface area contributed by atoms with Crippen molar-refractivity contribution in [2.75, 3.05) is 37.3 Å². The first-order chi connectivity index (χ1) is 39.2. The number of halogens is 7. The average Bonchev–Trinajstić information content (AvgIpc) is 0.820. The van der Waals surface area contributed by atoms with Gasteiger partial charge in [0.2, 0.25) is 0 Å². The summed E-state index contributed by atoms with van der Waals surface area (Å²) in [7, 11) is -61.8. The summed E-state index contributed by atoms with van der Waals surface area (Å²) in [6, 6.07) is 5.38. The fourth-order valence-electron chi connectivity index (χ4n) is 9.39. The summed E-state index contributed by atoms with van der Waals surface area (Å²) in [4.78, 5) is 0. The quantitative estimate of drug-likeness (QED) is 0.0415. The van der Waals surface area contributed by atoms with E-state index in [0.717, 1.165) is 85.2 Å². The highest BCUT2D eigenvalue weighted by atomic mass is 79.9. The van der Waals surface area contributed by atoms with Crippen molar-refractivity contribution in [3.05, 3.63) is 0 Å². The van der Waals surface area contributed by atoms with Crippen LogP contribution >= 0.6 is 112 Å². The zero-order valence-corrected chi connectivity index (χ0v) is 81.4. The number of hydrogen-bond acceptors (Lipinski definition) is 20. The van der Waals surface area contributed by atoms with Crippen LogP contribution in [-0.2, 0) is 82.3 Å². The van der Waals surface area contributed by atoms with Crippen molar-refractivity contribution in [1.29, 1.82) is 0 Å². The third-order valence-electron chi connectivity index (χ3n) is 13.4. The van der Waals surface area contributed by atoms with Crippen LogP contribution in [0, 0.1) is 0 Å². The standard InChI is InChI=1S/C41H99Br7O20Si17/c1-18-19-34-71(2,3)49-69-50-79(53-72(4,5)35-20-27-42)60-82(56-75(10,11)38-23-30-45)62-80(54-73(6,7)36-21-28-43)51-70-52-81(55-74(8,9)37-22-29-44)63-83(61-79,57-76(12,13)39-24-31-46)67-85(66-82,59-78(16,17)41-26-33-48)68-84(64-80,65-81)58-77(14,15)40-25-32-47/h18-41H2,1-17H3. The summed E-state index contributed by atoms with van der Waals surface area (Å²) >= 11 is 26.0. The highest BCUT2D eigenvalue weighted by Gasteiger charge is 2.87. The molecule has 4 rings (SSSR count). The summed E-state index contributed by atoms with van der Waals surface area (Å²) in [5.74, 6) is 0. The van der Waals surface area contributed by atoms with Gasteiger partial charge in [-0.25, -0.2) is 0 Å². The zero-order chi connectivity index (χ0) is 64.0. The average molecular weight is 1950 g/mol. The summed E-state index contributed by atoms with van der Waals surface area (Å²) in [6.07, 6.45) is 7.33. The number of unbranched alkanes of at least 4 members (excludes halogenated alkanes) is 1. The summed E-state index contributed by atoms with van der Waals surface area (Å²) < 4.78 is 155. The fourth-order valence-corrected chi connectivity index (χ4v) is 82.6. The molecular formula is C41H99Br7O20Si17. The Morgan fingerprint density at radius 1 is 0.306 bits per heavy atom.